The first-order valence-electron chi connectivity index (χ1n) is 9.89. The third-order valence-electron chi connectivity index (χ3n) is 5.34. The first kappa shape index (κ1) is 21.4. The first-order chi connectivity index (χ1) is 13.9. The normalized spacial score (nSPS) is 19.1. The smallest absolute Gasteiger partial charge is 0.425 e. The number of carbonyl (C=O) groups is 2. The minimum atomic E-state index is -0.644. The van der Waals surface area contributed by atoms with Gasteiger partial charge in [0.2, 0.25) is 5.91 Å². The number of hydrogen-bond acceptors (Lipinski definition) is 4. The summed E-state index contributed by atoms with van der Waals surface area (Å²) >= 11 is 3.45. The third kappa shape index (κ3) is 4.98. The number of amides is 2. The molecule has 0 radical (unpaired) electrons. The van der Waals surface area contributed by atoms with E-state index in [0.29, 0.717) is 0 Å². The van der Waals surface area contributed by atoms with Crippen LogP contribution in [0.2, 0.25) is 0 Å². The predicted molar refractivity (Wildman–Crippen MR) is 114 cm³/mol. The van der Waals surface area contributed by atoms with Gasteiger partial charge in [-0.05, 0) is 44.4 Å². The molecule has 0 aliphatic heterocycles. The molecule has 1 aliphatic rings. The molecule has 29 heavy (non-hydrogen) atoms. The number of nitrogens with one attached hydrogen (secondary N) is 2. The van der Waals surface area contributed by atoms with Crippen molar-refractivity contribution in [2.75, 3.05) is 7.11 Å². The van der Waals surface area contributed by atoms with Crippen LogP contribution in [0.3, 0.4) is 0 Å². The van der Waals surface area contributed by atoms with E-state index in [1.807, 2.05) is 44.3 Å². The van der Waals surface area contributed by atoms with E-state index in [2.05, 4.69) is 36.1 Å². The second-order valence-electron chi connectivity index (χ2n) is 7.59. The number of imidazole rings is 1. The number of H-pyrrole nitrogens is 1. The molecule has 156 valence electrons. The number of hydrazine groups is 1. The monoisotopic (exact) mass is 462 g/mol. The van der Waals surface area contributed by atoms with Crippen molar-refractivity contribution < 1.29 is 14.3 Å². The van der Waals surface area contributed by atoms with Crippen molar-refractivity contribution >= 4 is 27.9 Å². The van der Waals surface area contributed by atoms with Crippen molar-refractivity contribution in [1.82, 2.24) is 20.4 Å². The van der Waals surface area contributed by atoms with Gasteiger partial charge in [-0.1, -0.05) is 40.9 Å². The molecule has 0 spiro atoms. The number of hydrogen-bond donors (Lipinski definition) is 2. The summed E-state index contributed by atoms with van der Waals surface area (Å²) in [6.07, 6.45) is 4.86. The van der Waals surface area contributed by atoms with Crippen LogP contribution in [0.1, 0.15) is 51.3 Å². The Morgan fingerprint density at radius 2 is 1.93 bits per heavy atom. The molecule has 1 aromatic heterocycles. The van der Waals surface area contributed by atoms with Crippen molar-refractivity contribution in [1.29, 1.82) is 0 Å². The SMILES string of the molecule is COC(=O)NN(C(=O)[C@H]1CCCC[C@H]1c1ncc(-c2ccc(Br)cc2)[nH]1)C(C)C. The summed E-state index contributed by atoms with van der Waals surface area (Å²) in [6.45, 7) is 3.73. The molecule has 2 aromatic rings. The second-order valence-corrected chi connectivity index (χ2v) is 8.51. The number of aromatic nitrogens is 2. The molecule has 7 nitrogen and oxygen atoms in total. The average Bonchev–Trinajstić information content (AvgIpc) is 3.21. The fourth-order valence-corrected chi connectivity index (χ4v) is 4.08. The number of halogens is 1. The van der Waals surface area contributed by atoms with E-state index < -0.39 is 6.09 Å². The minimum absolute atomic E-state index is 0.0128. The number of ether oxygens (including phenoxy) is 1. The molecule has 1 heterocycles. The average molecular weight is 463 g/mol. The Hall–Kier alpha value is -2.35. The molecule has 2 N–H and O–H groups in total. The van der Waals surface area contributed by atoms with Gasteiger partial charge in [-0.3, -0.25) is 4.79 Å². The molecule has 8 heteroatoms. The van der Waals surface area contributed by atoms with E-state index >= 15 is 0 Å². The van der Waals surface area contributed by atoms with Crippen molar-refractivity contribution in [2.24, 2.45) is 5.92 Å². The van der Waals surface area contributed by atoms with Gasteiger partial charge in [-0.15, -0.1) is 0 Å². The van der Waals surface area contributed by atoms with Crippen LogP contribution < -0.4 is 5.43 Å². The highest BCUT2D eigenvalue weighted by atomic mass is 79.9. The van der Waals surface area contributed by atoms with Gasteiger partial charge in [0, 0.05) is 22.4 Å². The summed E-state index contributed by atoms with van der Waals surface area (Å²) in [5, 5.41) is 1.38. The van der Waals surface area contributed by atoms with Gasteiger partial charge in [-0.2, -0.15) is 0 Å². The zero-order valence-electron chi connectivity index (χ0n) is 16.9. The Morgan fingerprint density at radius 1 is 1.24 bits per heavy atom. The van der Waals surface area contributed by atoms with Crippen molar-refractivity contribution in [2.45, 2.75) is 51.5 Å². The Balaban J connectivity index is 1.83. The highest BCUT2D eigenvalue weighted by Gasteiger charge is 2.37. The van der Waals surface area contributed by atoms with Gasteiger partial charge >= 0.3 is 6.09 Å². The Labute approximate surface area is 179 Å². The molecule has 1 saturated carbocycles. The van der Waals surface area contributed by atoms with Gasteiger partial charge in [-0.25, -0.2) is 20.2 Å². The number of rotatable bonds is 4. The Kier molecular flexibility index (Phi) is 6.95. The molecule has 2 amide bonds. The molecule has 1 fully saturated rings. The largest absolute Gasteiger partial charge is 0.452 e. The van der Waals surface area contributed by atoms with Gasteiger partial charge < -0.3 is 9.72 Å². The molecule has 0 saturated heterocycles. The quantitative estimate of drug-likeness (QED) is 0.648. The van der Waals surface area contributed by atoms with Gasteiger partial charge in [0.15, 0.2) is 0 Å². The summed E-state index contributed by atoms with van der Waals surface area (Å²) in [5.41, 5.74) is 4.53. The molecule has 0 unspecified atom stereocenters. The maximum Gasteiger partial charge on any atom is 0.425 e. The Morgan fingerprint density at radius 3 is 2.59 bits per heavy atom. The van der Waals surface area contributed by atoms with Gasteiger partial charge in [0.25, 0.3) is 0 Å². The molecule has 0 bridgehead atoms. The standard InChI is InChI=1S/C21H27BrN4O3/c1-13(2)26(25-21(28)29-3)20(27)17-7-5-4-6-16(17)19-23-12-18(24-19)14-8-10-15(22)11-9-14/h8-13,16-17H,4-7H2,1-3H3,(H,23,24)(H,25,28)/t16-,17+/m1/s1. The summed E-state index contributed by atoms with van der Waals surface area (Å²) < 4.78 is 5.69. The minimum Gasteiger partial charge on any atom is -0.452 e. The van der Waals surface area contributed by atoms with Crippen LogP contribution in [0.5, 0.6) is 0 Å². The predicted octanol–water partition coefficient (Wildman–Crippen LogP) is 4.62. The first-order valence-corrected chi connectivity index (χ1v) is 10.7. The fourth-order valence-electron chi connectivity index (χ4n) is 3.82. The summed E-state index contributed by atoms with van der Waals surface area (Å²) in [6, 6.07) is 7.83. The number of benzene rings is 1. The summed E-state index contributed by atoms with van der Waals surface area (Å²) in [5.74, 6) is 0.466. The lowest BCUT2D eigenvalue weighted by molar-refractivity contribution is -0.142. The van der Waals surface area contributed by atoms with E-state index in [1.54, 1.807) is 0 Å². The third-order valence-corrected chi connectivity index (χ3v) is 5.86. The van der Waals surface area contributed by atoms with Crippen LogP contribution in [0, 0.1) is 5.92 Å². The topological polar surface area (TPSA) is 87.3 Å². The molecule has 2 atom stereocenters. The number of nitrogens with zero attached hydrogens (tertiary/aromatic N) is 2. The lowest BCUT2D eigenvalue weighted by Gasteiger charge is -2.35. The van der Waals surface area contributed by atoms with E-state index in [0.717, 1.165) is 47.2 Å². The van der Waals surface area contributed by atoms with Crippen LogP contribution in [-0.4, -0.2) is 40.1 Å². The highest BCUT2D eigenvalue weighted by Crippen LogP contribution is 2.38. The summed E-state index contributed by atoms with van der Waals surface area (Å²) in [4.78, 5) is 33.0. The number of methoxy groups -OCH3 is 1. The molecule has 3 rings (SSSR count). The molecular weight excluding hydrogens is 436 g/mol. The Bertz CT molecular complexity index is 850. The van der Waals surface area contributed by atoms with Crippen LogP contribution in [0.15, 0.2) is 34.9 Å². The van der Waals surface area contributed by atoms with Gasteiger partial charge in [0.05, 0.1) is 19.0 Å². The maximum absolute atomic E-state index is 13.3. The molecule has 1 aromatic carbocycles. The number of carbonyl (C=O) groups excluding carboxylic acids is 2. The van der Waals surface area contributed by atoms with E-state index in [4.69, 9.17) is 0 Å². The molecule has 1 aliphatic carbocycles. The zero-order chi connectivity index (χ0) is 21.0. The summed E-state index contributed by atoms with van der Waals surface area (Å²) in [7, 11) is 1.29. The van der Waals surface area contributed by atoms with Crippen molar-refractivity contribution in [3.05, 3.63) is 40.8 Å². The zero-order valence-corrected chi connectivity index (χ0v) is 18.5. The van der Waals surface area contributed by atoms with Crippen LogP contribution in [0.4, 0.5) is 4.79 Å². The fraction of sp³-hybridized carbons (Fsp3) is 0.476. The van der Waals surface area contributed by atoms with Crippen molar-refractivity contribution in [3.63, 3.8) is 0 Å². The maximum atomic E-state index is 13.3. The van der Waals surface area contributed by atoms with Crippen molar-refractivity contribution in [3.8, 4) is 11.3 Å². The van der Waals surface area contributed by atoms with E-state index in [-0.39, 0.29) is 23.8 Å². The van der Waals surface area contributed by atoms with Crippen LogP contribution in [-0.2, 0) is 9.53 Å². The van der Waals surface area contributed by atoms with E-state index in [9.17, 15) is 9.59 Å². The molecular formula is C21H27BrN4O3. The van der Waals surface area contributed by atoms with Crippen LogP contribution >= 0.6 is 15.9 Å². The van der Waals surface area contributed by atoms with Gasteiger partial charge in [0.1, 0.15) is 5.82 Å². The second kappa shape index (κ2) is 9.43. The highest BCUT2D eigenvalue weighted by molar-refractivity contribution is 9.10. The van der Waals surface area contributed by atoms with Crippen LogP contribution in [0.25, 0.3) is 11.3 Å². The number of aromatic amines is 1. The lowest BCUT2D eigenvalue weighted by atomic mass is 9.78. The van der Waals surface area contributed by atoms with E-state index in [1.165, 1.54) is 12.1 Å². The lowest BCUT2D eigenvalue weighted by Crippen LogP contribution is -2.53.